The predicted octanol–water partition coefficient (Wildman–Crippen LogP) is 1.85. The number of aliphatic hydroxyl groups excluding tert-OH is 1. The zero-order valence-corrected chi connectivity index (χ0v) is 13.9. The summed E-state index contributed by atoms with van der Waals surface area (Å²) in [4.78, 5) is 23.4. The summed E-state index contributed by atoms with van der Waals surface area (Å²) in [5.74, 6) is -3.48. The minimum absolute atomic E-state index is 0.0624. The second-order valence-electron chi connectivity index (χ2n) is 6.22. The van der Waals surface area contributed by atoms with Gasteiger partial charge in [-0.05, 0) is 40.5 Å². The zero-order valence-electron chi connectivity index (χ0n) is 13.9. The molecule has 126 valence electrons. The smallest absolute Gasteiger partial charge is 0.336 e. The van der Waals surface area contributed by atoms with Gasteiger partial charge in [-0.15, -0.1) is 0 Å². The van der Waals surface area contributed by atoms with Crippen molar-refractivity contribution >= 4 is 11.9 Å². The van der Waals surface area contributed by atoms with E-state index in [1.807, 2.05) is 0 Å². The quantitative estimate of drug-likeness (QED) is 0.403. The fraction of sp³-hybridized carbons (Fsp3) is 0.625. The molecule has 0 rings (SSSR count). The van der Waals surface area contributed by atoms with E-state index in [1.54, 1.807) is 13.8 Å². The third-order valence-electron chi connectivity index (χ3n) is 2.92. The molecule has 6 nitrogen and oxygen atoms in total. The number of esters is 2. The van der Waals surface area contributed by atoms with Crippen LogP contribution in [0.5, 0.6) is 0 Å². The maximum atomic E-state index is 11.7. The molecule has 0 saturated carbocycles. The molecule has 2 N–H and O–H groups in total. The number of carbonyl (C=O) groups is 2. The van der Waals surface area contributed by atoms with Gasteiger partial charge in [-0.3, -0.25) is 0 Å². The Hall–Kier alpha value is -1.66. The fourth-order valence-electron chi connectivity index (χ4n) is 1.45. The Labute approximate surface area is 131 Å². The third kappa shape index (κ3) is 6.87. The van der Waals surface area contributed by atoms with Crippen LogP contribution in [0.2, 0.25) is 0 Å². The van der Waals surface area contributed by atoms with Gasteiger partial charge in [0.25, 0.3) is 5.79 Å². The largest absolute Gasteiger partial charge is 0.417 e. The Bertz CT molecular complexity index is 430. The van der Waals surface area contributed by atoms with Gasteiger partial charge in [0.2, 0.25) is 0 Å². The summed E-state index contributed by atoms with van der Waals surface area (Å²) in [6, 6.07) is 0. The molecular weight excluding hydrogens is 288 g/mol. The average Bonchev–Trinajstić information content (AvgIpc) is 2.34. The highest BCUT2D eigenvalue weighted by Crippen LogP contribution is 2.26. The van der Waals surface area contributed by atoms with Crippen LogP contribution in [0, 0.1) is 0 Å². The van der Waals surface area contributed by atoms with Crippen molar-refractivity contribution in [1.29, 1.82) is 0 Å². The van der Waals surface area contributed by atoms with E-state index in [9.17, 15) is 19.8 Å². The van der Waals surface area contributed by atoms with Gasteiger partial charge >= 0.3 is 11.9 Å². The van der Waals surface area contributed by atoms with Crippen LogP contribution in [0.1, 0.15) is 47.5 Å². The lowest BCUT2D eigenvalue weighted by molar-refractivity contribution is -0.250. The van der Waals surface area contributed by atoms with Gasteiger partial charge in [0.1, 0.15) is 6.10 Å². The first kappa shape index (κ1) is 20.3. The molecule has 0 bridgehead atoms. The van der Waals surface area contributed by atoms with Gasteiger partial charge < -0.3 is 19.7 Å². The monoisotopic (exact) mass is 314 g/mol. The molecule has 0 fully saturated rings. The lowest BCUT2D eigenvalue weighted by atomic mass is 9.97. The van der Waals surface area contributed by atoms with E-state index >= 15 is 0 Å². The highest BCUT2D eigenvalue weighted by Gasteiger charge is 2.42. The highest BCUT2D eigenvalue weighted by molar-refractivity contribution is 5.89. The molecular formula is C16H26O6. The first-order valence-electron chi connectivity index (χ1n) is 6.96. The number of hydrogen-bond donors (Lipinski definition) is 2. The van der Waals surface area contributed by atoms with Crippen molar-refractivity contribution in [2.24, 2.45) is 0 Å². The molecule has 0 aliphatic rings. The molecule has 6 heteroatoms. The second-order valence-corrected chi connectivity index (χ2v) is 6.22. The van der Waals surface area contributed by atoms with Gasteiger partial charge in [0.15, 0.2) is 0 Å². The third-order valence-corrected chi connectivity index (χ3v) is 2.92. The number of rotatable bonds is 8. The summed E-state index contributed by atoms with van der Waals surface area (Å²) in [6.07, 6.45) is -1.03. The van der Waals surface area contributed by atoms with Crippen molar-refractivity contribution in [3.63, 3.8) is 0 Å². The minimum Gasteiger partial charge on any atom is -0.417 e. The van der Waals surface area contributed by atoms with E-state index in [4.69, 9.17) is 9.47 Å². The molecule has 0 amide bonds. The molecule has 0 aliphatic carbocycles. The molecule has 0 saturated heterocycles. The maximum Gasteiger partial charge on any atom is 0.336 e. The van der Waals surface area contributed by atoms with Crippen molar-refractivity contribution in [3.05, 3.63) is 24.3 Å². The Morgan fingerprint density at radius 2 is 1.41 bits per heavy atom. The predicted molar refractivity (Wildman–Crippen MR) is 81.8 cm³/mol. The Morgan fingerprint density at radius 3 is 1.68 bits per heavy atom. The molecule has 0 aromatic rings. The average molecular weight is 314 g/mol. The summed E-state index contributed by atoms with van der Waals surface area (Å²) in [5, 5.41) is 20.0. The van der Waals surface area contributed by atoms with E-state index in [0.717, 1.165) is 0 Å². The normalized spacial score (nSPS) is 13.2. The van der Waals surface area contributed by atoms with Gasteiger partial charge in [-0.2, -0.15) is 0 Å². The molecule has 1 atom stereocenters. The van der Waals surface area contributed by atoms with Gasteiger partial charge in [-0.25, -0.2) is 9.59 Å². The van der Waals surface area contributed by atoms with E-state index in [1.165, 1.54) is 20.8 Å². The van der Waals surface area contributed by atoms with Crippen LogP contribution in [0.25, 0.3) is 0 Å². The van der Waals surface area contributed by atoms with Crippen molar-refractivity contribution in [1.82, 2.24) is 0 Å². The molecule has 0 spiro atoms. The van der Waals surface area contributed by atoms with Gasteiger partial charge in [-0.1, -0.05) is 13.2 Å². The zero-order chi connectivity index (χ0) is 17.7. The van der Waals surface area contributed by atoms with Crippen LogP contribution >= 0.6 is 0 Å². The molecule has 22 heavy (non-hydrogen) atoms. The van der Waals surface area contributed by atoms with Crippen molar-refractivity contribution in [3.8, 4) is 0 Å². The van der Waals surface area contributed by atoms with Crippen LogP contribution in [-0.4, -0.2) is 39.6 Å². The van der Waals surface area contributed by atoms with Crippen LogP contribution < -0.4 is 0 Å². The summed E-state index contributed by atoms with van der Waals surface area (Å²) in [6.45, 7) is 14.2. The molecule has 1 unspecified atom stereocenters. The number of hydrogen-bond acceptors (Lipinski definition) is 6. The van der Waals surface area contributed by atoms with Crippen molar-refractivity contribution in [2.45, 2.75) is 65.0 Å². The lowest BCUT2D eigenvalue weighted by Gasteiger charge is -2.34. The molecule has 0 heterocycles. The SMILES string of the molecule is C=C(C)C(=O)OC(C)(OC(=O)C(=C)C)C(O)CCC(C)(C)O. The first-order valence-corrected chi connectivity index (χ1v) is 6.96. The summed E-state index contributed by atoms with van der Waals surface area (Å²) < 4.78 is 10.2. The standard InChI is InChI=1S/C16H26O6/c1-10(2)13(18)21-16(7,22-14(19)11(3)4)12(17)8-9-15(5,6)20/h12,17,20H,1,3,8-9H2,2,4-7H3. The van der Waals surface area contributed by atoms with Crippen LogP contribution in [0.4, 0.5) is 0 Å². The van der Waals surface area contributed by atoms with Crippen LogP contribution in [0.3, 0.4) is 0 Å². The lowest BCUT2D eigenvalue weighted by Crippen LogP contribution is -2.48. The number of carbonyl (C=O) groups excluding carboxylic acids is 2. The first-order chi connectivity index (χ1) is 9.78. The van der Waals surface area contributed by atoms with Gasteiger partial charge in [0, 0.05) is 18.1 Å². The van der Waals surface area contributed by atoms with E-state index in [2.05, 4.69) is 13.2 Å². The summed E-state index contributed by atoms with van der Waals surface area (Å²) >= 11 is 0. The Morgan fingerprint density at radius 1 is 1.05 bits per heavy atom. The molecule has 0 radical (unpaired) electrons. The number of ether oxygens (including phenoxy) is 2. The Kier molecular flexibility index (Phi) is 6.99. The summed E-state index contributed by atoms with van der Waals surface area (Å²) in [7, 11) is 0. The molecule has 0 aliphatic heterocycles. The van der Waals surface area contributed by atoms with Gasteiger partial charge in [0.05, 0.1) is 5.60 Å². The fourth-order valence-corrected chi connectivity index (χ4v) is 1.45. The maximum absolute atomic E-state index is 11.7. The molecule has 0 aromatic heterocycles. The Balaban J connectivity index is 5.21. The second kappa shape index (κ2) is 7.56. The topological polar surface area (TPSA) is 93.1 Å². The van der Waals surface area contributed by atoms with E-state index in [0.29, 0.717) is 0 Å². The van der Waals surface area contributed by atoms with Crippen LogP contribution in [-0.2, 0) is 19.1 Å². The van der Waals surface area contributed by atoms with Crippen LogP contribution in [0.15, 0.2) is 24.3 Å². The van der Waals surface area contributed by atoms with E-state index < -0.39 is 29.4 Å². The van der Waals surface area contributed by atoms with Crippen molar-refractivity contribution < 1.29 is 29.3 Å². The number of aliphatic hydroxyl groups is 2. The van der Waals surface area contributed by atoms with Crippen molar-refractivity contribution in [2.75, 3.05) is 0 Å². The summed E-state index contributed by atoms with van der Waals surface area (Å²) in [5.41, 5.74) is -0.807. The highest BCUT2D eigenvalue weighted by atomic mass is 16.7. The van der Waals surface area contributed by atoms with E-state index in [-0.39, 0.29) is 24.0 Å². The molecule has 0 aromatic carbocycles. The minimum atomic E-state index is -1.89.